The number of anilines is 1. The van der Waals surface area contributed by atoms with Gasteiger partial charge in [0.15, 0.2) is 0 Å². The minimum Gasteiger partial charge on any atom is -0.370 e. The number of nitrogens with one attached hydrogen (secondary N) is 1. The molecule has 2 heterocycles. The molecule has 1 aromatic rings. The SMILES string of the molecule is C=CCn1ncc(N(C)CC2CCCN2)c(Cl)c1=O. The molecule has 1 aliphatic rings. The molecule has 1 aromatic heterocycles. The molecule has 0 spiro atoms. The smallest absolute Gasteiger partial charge is 0.287 e. The molecular weight excluding hydrogens is 264 g/mol. The largest absolute Gasteiger partial charge is 0.370 e. The Bertz CT molecular complexity index is 508. The highest BCUT2D eigenvalue weighted by molar-refractivity contribution is 6.33. The van der Waals surface area contributed by atoms with E-state index in [-0.39, 0.29) is 10.6 Å². The minimum atomic E-state index is -0.273. The van der Waals surface area contributed by atoms with E-state index in [1.54, 1.807) is 12.3 Å². The summed E-state index contributed by atoms with van der Waals surface area (Å²) in [7, 11) is 1.93. The van der Waals surface area contributed by atoms with Crippen molar-refractivity contribution < 1.29 is 0 Å². The van der Waals surface area contributed by atoms with Gasteiger partial charge in [0.1, 0.15) is 5.02 Å². The highest BCUT2D eigenvalue weighted by Gasteiger charge is 2.19. The van der Waals surface area contributed by atoms with E-state index in [9.17, 15) is 4.79 Å². The van der Waals surface area contributed by atoms with Crippen LogP contribution in [0.3, 0.4) is 0 Å². The van der Waals surface area contributed by atoms with Crippen molar-refractivity contribution in [3.05, 3.63) is 34.2 Å². The second kappa shape index (κ2) is 6.21. The third-order valence-electron chi connectivity index (χ3n) is 3.34. The molecule has 1 aliphatic heterocycles. The lowest BCUT2D eigenvalue weighted by Gasteiger charge is -2.23. The van der Waals surface area contributed by atoms with E-state index >= 15 is 0 Å². The van der Waals surface area contributed by atoms with Gasteiger partial charge in [0.05, 0.1) is 18.4 Å². The van der Waals surface area contributed by atoms with Crippen LogP contribution in [0.4, 0.5) is 5.69 Å². The first-order chi connectivity index (χ1) is 9.13. The molecule has 0 aromatic carbocycles. The van der Waals surface area contributed by atoms with Gasteiger partial charge in [-0.15, -0.1) is 6.58 Å². The lowest BCUT2D eigenvalue weighted by Crippen LogP contribution is -2.36. The molecule has 104 valence electrons. The van der Waals surface area contributed by atoms with Crippen LogP contribution in [-0.4, -0.2) is 36.0 Å². The Balaban J connectivity index is 2.17. The van der Waals surface area contributed by atoms with Crippen molar-refractivity contribution in [3.63, 3.8) is 0 Å². The van der Waals surface area contributed by atoms with Crippen molar-refractivity contribution >= 4 is 17.3 Å². The maximum absolute atomic E-state index is 12.0. The molecule has 0 aliphatic carbocycles. The van der Waals surface area contributed by atoms with Crippen molar-refractivity contribution in [2.75, 3.05) is 25.0 Å². The third-order valence-corrected chi connectivity index (χ3v) is 3.69. The van der Waals surface area contributed by atoms with E-state index < -0.39 is 0 Å². The number of rotatable bonds is 5. The molecule has 1 atom stereocenters. The van der Waals surface area contributed by atoms with Gasteiger partial charge in [0.25, 0.3) is 5.56 Å². The molecule has 5 nitrogen and oxygen atoms in total. The monoisotopic (exact) mass is 282 g/mol. The van der Waals surface area contributed by atoms with Gasteiger partial charge in [-0.1, -0.05) is 17.7 Å². The van der Waals surface area contributed by atoms with Gasteiger partial charge in [-0.05, 0) is 19.4 Å². The number of allylic oxidation sites excluding steroid dienone is 1. The highest BCUT2D eigenvalue weighted by atomic mass is 35.5. The predicted octanol–water partition coefficient (Wildman–Crippen LogP) is 1.27. The van der Waals surface area contributed by atoms with Crippen LogP contribution < -0.4 is 15.8 Å². The quantitative estimate of drug-likeness (QED) is 0.827. The third kappa shape index (κ3) is 3.16. The Morgan fingerprint density at radius 3 is 3.16 bits per heavy atom. The lowest BCUT2D eigenvalue weighted by molar-refractivity contribution is 0.595. The average Bonchev–Trinajstić information content (AvgIpc) is 2.88. The summed E-state index contributed by atoms with van der Waals surface area (Å²) in [5.74, 6) is 0. The van der Waals surface area contributed by atoms with Crippen LogP contribution in [0.15, 0.2) is 23.6 Å². The van der Waals surface area contributed by atoms with Gasteiger partial charge >= 0.3 is 0 Å². The first kappa shape index (κ1) is 14.1. The molecule has 0 bridgehead atoms. The Kier molecular flexibility index (Phi) is 4.61. The van der Waals surface area contributed by atoms with Gasteiger partial charge in [0.2, 0.25) is 0 Å². The van der Waals surface area contributed by atoms with E-state index in [0.717, 1.165) is 19.5 Å². The molecule has 0 saturated carbocycles. The minimum absolute atomic E-state index is 0.220. The van der Waals surface area contributed by atoms with Crippen LogP contribution in [0.5, 0.6) is 0 Å². The van der Waals surface area contributed by atoms with Gasteiger partial charge in [-0.2, -0.15) is 5.10 Å². The maximum Gasteiger partial charge on any atom is 0.287 e. The predicted molar refractivity (Wildman–Crippen MR) is 78.0 cm³/mol. The fraction of sp³-hybridized carbons (Fsp3) is 0.538. The molecule has 6 heteroatoms. The molecular formula is C13H19ClN4O. The summed E-state index contributed by atoms with van der Waals surface area (Å²) in [4.78, 5) is 14.0. The number of halogens is 1. The van der Waals surface area contributed by atoms with Crippen molar-refractivity contribution in [1.29, 1.82) is 0 Å². The topological polar surface area (TPSA) is 50.2 Å². The van der Waals surface area contributed by atoms with Gasteiger partial charge < -0.3 is 10.2 Å². The summed E-state index contributed by atoms with van der Waals surface area (Å²) in [5, 5.41) is 7.75. The number of aromatic nitrogens is 2. The molecule has 1 N–H and O–H groups in total. The summed E-state index contributed by atoms with van der Waals surface area (Å²) in [6.07, 6.45) is 5.62. The molecule has 1 fully saturated rings. The van der Waals surface area contributed by atoms with Crippen LogP contribution >= 0.6 is 11.6 Å². The fourth-order valence-corrected chi connectivity index (χ4v) is 2.61. The van der Waals surface area contributed by atoms with Crippen molar-refractivity contribution in [1.82, 2.24) is 15.1 Å². The van der Waals surface area contributed by atoms with Gasteiger partial charge in [-0.25, -0.2) is 4.68 Å². The number of hydrogen-bond donors (Lipinski definition) is 1. The van der Waals surface area contributed by atoms with E-state index in [1.807, 2.05) is 11.9 Å². The Morgan fingerprint density at radius 2 is 2.53 bits per heavy atom. The van der Waals surface area contributed by atoms with Crippen LogP contribution in [0, 0.1) is 0 Å². The summed E-state index contributed by atoms with van der Waals surface area (Å²) >= 11 is 6.14. The Labute approximate surface area is 117 Å². The first-order valence-corrected chi connectivity index (χ1v) is 6.82. The highest BCUT2D eigenvalue weighted by Crippen LogP contribution is 2.20. The summed E-state index contributed by atoms with van der Waals surface area (Å²) in [6, 6.07) is 0.455. The fourth-order valence-electron chi connectivity index (χ4n) is 2.32. The van der Waals surface area contributed by atoms with Crippen LogP contribution in [-0.2, 0) is 6.54 Å². The maximum atomic E-state index is 12.0. The number of likely N-dealkylation sites (N-methyl/N-ethyl adjacent to an activating group) is 1. The van der Waals surface area contributed by atoms with Crippen molar-refractivity contribution in [2.24, 2.45) is 0 Å². The second-order valence-electron chi connectivity index (χ2n) is 4.79. The summed E-state index contributed by atoms with van der Waals surface area (Å²) in [5.41, 5.74) is 0.408. The Morgan fingerprint density at radius 1 is 1.74 bits per heavy atom. The number of nitrogens with zero attached hydrogens (tertiary/aromatic N) is 3. The normalized spacial score (nSPS) is 18.5. The zero-order chi connectivity index (χ0) is 13.8. The Hall–Kier alpha value is -1.33. The number of hydrogen-bond acceptors (Lipinski definition) is 4. The van der Waals surface area contributed by atoms with E-state index in [4.69, 9.17) is 11.6 Å². The summed E-state index contributed by atoms with van der Waals surface area (Å²) in [6.45, 7) is 5.85. The molecule has 19 heavy (non-hydrogen) atoms. The van der Waals surface area contributed by atoms with E-state index in [0.29, 0.717) is 18.3 Å². The summed E-state index contributed by atoms with van der Waals surface area (Å²) < 4.78 is 1.31. The van der Waals surface area contributed by atoms with E-state index in [1.165, 1.54) is 11.1 Å². The van der Waals surface area contributed by atoms with Gasteiger partial charge in [0, 0.05) is 19.6 Å². The van der Waals surface area contributed by atoms with Crippen molar-refractivity contribution in [2.45, 2.75) is 25.4 Å². The molecule has 0 amide bonds. The van der Waals surface area contributed by atoms with Crippen molar-refractivity contribution in [3.8, 4) is 0 Å². The average molecular weight is 283 g/mol. The molecule has 1 saturated heterocycles. The second-order valence-corrected chi connectivity index (χ2v) is 5.17. The van der Waals surface area contributed by atoms with Crippen LogP contribution in [0.2, 0.25) is 5.02 Å². The lowest BCUT2D eigenvalue weighted by atomic mass is 10.2. The standard InChI is InChI=1S/C13H19ClN4O/c1-3-7-18-13(19)12(14)11(8-16-18)17(2)9-10-5-4-6-15-10/h3,8,10,15H,1,4-7,9H2,2H3. The van der Waals surface area contributed by atoms with Crippen LogP contribution in [0.1, 0.15) is 12.8 Å². The zero-order valence-electron chi connectivity index (χ0n) is 11.1. The van der Waals surface area contributed by atoms with Gasteiger partial charge in [-0.3, -0.25) is 4.79 Å². The van der Waals surface area contributed by atoms with E-state index in [2.05, 4.69) is 17.0 Å². The molecule has 1 unspecified atom stereocenters. The first-order valence-electron chi connectivity index (χ1n) is 6.44. The van der Waals surface area contributed by atoms with Crippen LogP contribution in [0.25, 0.3) is 0 Å². The zero-order valence-corrected chi connectivity index (χ0v) is 11.9. The molecule has 2 rings (SSSR count). The molecule has 0 radical (unpaired) electrons.